The standard InChI is InChI=1S/C17H26N2.2ClH/c1-4-5-6-17(19-11-9-18-10-12-19)16-8-7-14(2)13-15(16)3;;/h4,7-8,13,17-18H,1,5-6,9-12H2,2-3H3;2*1H/t17-;;/m1../s1. The predicted octanol–water partition coefficient (Wildman–Crippen LogP) is 4.06. The fraction of sp³-hybridized carbons (Fsp3) is 0.529. The summed E-state index contributed by atoms with van der Waals surface area (Å²) in [4.78, 5) is 2.62. The Labute approximate surface area is 141 Å². The molecule has 0 aliphatic carbocycles. The van der Waals surface area contributed by atoms with Crippen LogP contribution in [-0.2, 0) is 0 Å². The molecule has 21 heavy (non-hydrogen) atoms. The molecule has 2 nitrogen and oxygen atoms in total. The normalized spacial score (nSPS) is 16.5. The van der Waals surface area contributed by atoms with E-state index in [0.717, 1.165) is 32.6 Å². The quantitative estimate of drug-likeness (QED) is 0.819. The number of halogens is 2. The molecule has 1 aromatic carbocycles. The first-order valence-electron chi connectivity index (χ1n) is 7.35. The maximum absolute atomic E-state index is 3.88. The van der Waals surface area contributed by atoms with E-state index in [1.54, 1.807) is 0 Å². The molecule has 120 valence electrons. The van der Waals surface area contributed by atoms with Crippen molar-refractivity contribution in [3.63, 3.8) is 0 Å². The molecule has 1 atom stereocenters. The Bertz CT molecular complexity index is 429. The number of nitrogens with zero attached hydrogens (tertiary/aromatic N) is 1. The summed E-state index contributed by atoms with van der Waals surface area (Å²) in [5.74, 6) is 0. The Morgan fingerprint density at radius 2 is 1.90 bits per heavy atom. The Morgan fingerprint density at radius 3 is 2.48 bits per heavy atom. The van der Waals surface area contributed by atoms with Crippen LogP contribution in [0.2, 0.25) is 0 Å². The van der Waals surface area contributed by atoms with E-state index >= 15 is 0 Å². The molecule has 0 saturated carbocycles. The molecular weight excluding hydrogens is 303 g/mol. The van der Waals surface area contributed by atoms with Crippen molar-refractivity contribution in [1.29, 1.82) is 0 Å². The average Bonchev–Trinajstić information content (AvgIpc) is 2.42. The van der Waals surface area contributed by atoms with E-state index in [0.29, 0.717) is 6.04 Å². The van der Waals surface area contributed by atoms with Gasteiger partial charge in [0.05, 0.1) is 0 Å². The first-order chi connectivity index (χ1) is 9.22. The molecule has 2 rings (SSSR count). The van der Waals surface area contributed by atoms with Crippen molar-refractivity contribution in [3.05, 3.63) is 47.5 Å². The van der Waals surface area contributed by atoms with E-state index in [1.165, 1.54) is 23.1 Å². The molecular formula is C17H28Cl2N2. The summed E-state index contributed by atoms with van der Waals surface area (Å²) in [7, 11) is 0. The maximum atomic E-state index is 3.88. The van der Waals surface area contributed by atoms with Crippen molar-refractivity contribution in [2.45, 2.75) is 32.7 Å². The van der Waals surface area contributed by atoms with Gasteiger partial charge < -0.3 is 5.32 Å². The van der Waals surface area contributed by atoms with Crippen LogP contribution in [0.5, 0.6) is 0 Å². The summed E-state index contributed by atoms with van der Waals surface area (Å²) < 4.78 is 0. The molecule has 1 aromatic rings. The highest BCUT2D eigenvalue weighted by atomic mass is 35.5. The zero-order valence-corrected chi connectivity index (χ0v) is 14.7. The summed E-state index contributed by atoms with van der Waals surface area (Å²) in [5, 5.41) is 3.44. The first-order valence-corrected chi connectivity index (χ1v) is 7.35. The summed E-state index contributed by atoms with van der Waals surface area (Å²) in [6.07, 6.45) is 4.30. The number of piperazine rings is 1. The summed E-state index contributed by atoms with van der Waals surface area (Å²) in [6.45, 7) is 12.8. The van der Waals surface area contributed by atoms with Gasteiger partial charge in [0, 0.05) is 32.2 Å². The number of aryl methyl sites for hydroxylation is 2. The average molecular weight is 331 g/mol. The van der Waals surface area contributed by atoms with Gasteiger partial charge in [-0.15, -0.1) is 31.4 Å². The first kappa shape index (κ1) is 20.5. The van der Waals surface area contributed by atoms with Crippen LogP contribution in [0.1, 0.15) is 35.6 Å². The minimum atomic E-state index is 0. The molecule has 0 amide bonds. The van der Waals surface area contributed by atoms with Gasteiger partial charge in [0.25, 0.3) is 0 Å². The molecule has 0 aromatic heterocycles. The lowest BCUT2D eigenvalue weighted by Crippen LogP contribution is -2.45. The minimum Gasteiger partial charge on any atom is -0.314 e. The molecule has 1 saturated heterocycles. The van der Waals surface area contributed by atoms with Crippen LogP contribution in [0.4, 0.5) is 0 Å². The highest BCUT2D eigenvalue weighted by Crippen LogP contribution is 2.29. The third-order valence-electron chi connectivity index (χ3n) is 4.02. The van der Waals surface area contributed by atoms with E-state index in [2.05, 4.69) is 48.8 Å². The molecule has 0 bridgehead atoms. The largest absolute Gasteiger partial charge is 0.314 e. The van der Waals surface area contributed by atoms with Gasteiger partial charge in [0.2, 0.25) is 0 Å². The highest BCUT2D eigenvalue weighted by Gasteiger charge is 2.22. The summed E-state index contributed by atoms with van der Waals surface area (Å²) >= 11 is 0. The Morgan fingerprint density at radius 1 is 1.24 bits per heavy atom. The van der Waals surface area contributed by atoms with Gasteiger partial charge in [0.15, 0.2) is 0 Å². The van der Waals surface area contributed by atoms with Crippen LogP contribution in [0.15, 0.2) is 30.9 Å². The number of rotatable bonds is 5. The summed E-state index contributed by atoms with van der Waals surface area (Å²) in [5.41, 5.74) is 4.27. The third kappa shape index (κ3) is 5.63. The Hall–Kier alpha value is -0.540. The number of nitrogens with one attached hydrogen (secondary N) is 1. The van der Waals surface area contributed by atoms with Crippen molar-refractivity contribution in [3.8, 4) is 0 Å². The van der Waals surface area contributed by atoms with Crippen molar-refractivity contribution in [2.75, 3.05) is 26.2 Å². The van der Waals surface area contributed by atoms with Crippen LogP contribution in [0, 0.1) is 13.8 Å². The molecule has 1 aliphatic heterocycles. The second kappa shape index (κ2) is 10.2. The van der Waals surface area contributed by atoms with Gasteiger partial charge in [-0.3, -0.25) is 4.90 Å². The van der Waals surface area contributed by atoms with Crippen molar-refractivity contribution in [1.82, 2.24) is 10.2 Å². The van der Waals surface area contributed by atoms with Gasteiger partial charge in [-0.25, -0.2) is 0 Å². The van der Waals surface area contributed by atoms with Crippen LogP contribution in [-0.4, -0.2) is 31.1 Å². The Kier molecular flexibility index (Phi) is 9.97. The maximum Gasteiger partial charge on any atom is 0.0354 e. The lowest BCUT2D eigenvalue weighted by Gasteiger charge is -2.36. The topological polar surface area (TPSA) is 15.3 Å². The van der Waals surface area contributed by atoms with E-state index in [9.17, 15) is 0 Å². The second-order valence-corrected chi connectivity index (χ2v) is 5.53. The zero-order valence-electron chi connectivity index (χ0n) is 13.1. The monoisotopic (exact) mass is 330 g/mol. The van der Waals surface area contributed by atoms with E-state index in [1.807, 2.05) is 6.08 Å². The van der Waals surface area contributed by atoms with Gasteiger partial charge in [-0.1, -0.05) is 29.8 Å². The number of hydrogen-bond donors (Lipinski definition) is 1. The van der Waals surface area contributed by atoms with Gasteiger partial charge in [-0.2, -0.15) is 0 Å². The molecule has 1 aliphatic rings. The van der Waals surface area contributed by atoms with Crippen LogP contribution in [0.25, 0.3) is 0 Å². The molecule has 1 N–H and O–H groups in total. The molecule has 1 fully saturated rings. The van der Waals surface area contributed by atoms with Crippen LogP contribution < -0.4 is 5.32 Å². The lowest BCUT2D eigenvalue weighted by molar-refractivity contribution is 0.165. The van der Waals surface area contributed by atoms with Gasteiger partial charge in [-0.05, 0) is 37.8 Å². The fourth-order valence-electron chi connectivity index (χ4n) is 3.00. The predicted molar refractivity (Wildman–Crippen MR) is 97.0 cm³/mol. The fourth-order valence-corrected chi connectivity index (χ4v) is 3.00. The molecule has 1 heterocycles. The minimum absolute atomic E-state index is 0. The van der Waals surface area contributed by atoms with Crippen molar-refractivity contribution in [2.24, 2.45) is 0 Å². The van der Waals surface area contributed by atoms with E-state index in [-0.39, 0.29) is 24.8 Å². The third-order valence-corrected chi connectivity index (χ3v) is 4.02. The highest BCUT2D eigenvalue weighted by molar-refractivity contribution is 5.85. The van der Waals surface area contributed by atoms with E-state index in [4.69, 9.17) is 0 Å². The zero-order chi connectivity index (χ0) is 13.7. The van der Waals surface area contributed by atoms with Crippen molar-refractivity contribution < 1.29 is 0 Å². The summed E-state index contributed by atoms with van der Waals surface area (Å²) in [6, 6.07) is 7.41. The Balaban J connectivity index is 0.00000200. The number of hydrogen-bond acceptors (Lipinski definition) is 2. The molecule has 0 unspecified atom stereocenters. The molecule has 4 heteroatoms. The van der Waals surface area contributed by atoms with E-state index < -0.39 is 0 Å². The van der Waals surface area contributed by atoms with Crippen LogP contribution >= 0.6 is 24.8 Å². The smallest absolute Gasteiger partial charge is 0.0354 e. The number of benzene rings is 1. The molecule has 0 spiro atoms. The van der Waals surface area contributed by atoms with Crippen molar-refractivity contribution >= 4 is 24.8 Å². The molecule has 0 radical (unpaired) electrons. The number of allylic oxidation sites excluding steroid dienone is 1. The van der Waals surface area contributed by atoms with Crippen LogP contribution in [0.3, 0.4) is 0 Å². The second-order valence-electron chi connectivity index (χ2n) is 5.53. The van der Waals surface area contributed by atoms with Gasteiger partial charge in [0.1, 0.15) is 0 Å². The van der Waals surface area contributed by atoms with Gasteiger partial charge >= 0.3 is 0 Å². The SMILES string of the molecule is C=CCC[C@H](c1ccc(C)cc1C)N1CCNCC1.Cl.Cl. The lowest BCUT2D eigenvalue weighted by atomic mass is 9.94.